The number of nitrogens with one attached hydrogen (secondary N) is 1. The molecule has 2 aromatic rings. The van der Waals surface area contributed by atoms with Crippen LogP contribution in [0.5, 0.6) is 0 Å². The molecule has 0 aliphatic rings. The molecule has 1 aromatic heterocycles. The predicted molar refractivity (Wildman–Crippen MR) is 68.0 cm³/mol. The van der Waals surface area contributed by atoms with E-state index in [9.17, 15) is 12.8 Å². The average molecular weight is 284 g/mol. The number of aryl methyl sites for hydroxylation is 1. The van der Waals surface area contributed by atoms with Gasteiger partial charge in [0.1, 0.15) is 10.7 Å². The topological polar surface area (TPSA) is 90.0 Å². The fraction of sp³-hybridized carbons (Fsp3) is 0.182. The van der Waals surface area contributed by atoms with E-state index in [4.69, 9.17) is 5.73 Å². The minimum atomic E-state index is -3.95. The van der Waals surface area contributed by atoms with Crippen LogP contribution in [0.15, 0.2) is 35.4 Å². The van der Waals surface area contributed by atoms with Gasteiger partial charge < -0.3 is 5.73 Å². The molecule has 0 fully saturated rings. The van der Waals surface area contributed by atoms with Crippen molar-refractivity contribution in [3.05, 3.63) is 42.0 Å². The highest BCUT2D eigenvalue weighted by Gasteiger charge is 2.19. The molecule has 0 saturated heterocycles. The van der Waals surface area contributed by atoms with Crippen molar-refractivity contribution in [3.63, 3.8) is 0 Å². The van der Waals surface area contributed by atoms with Gasteiger partial charge in [0, 0.05) is 18.9 Å². The highest BCUT2D eigenvalue weighted by atomic mass is 32.2. The first-order valence-corrected chi connectivity index (χ1v) is 6.90. The van der Waals surface area contributed by atoms with E-state index in [-0.39, 0.29) is 12.2 Å². The lowest BCUT2D eigenvalue weighted by Gasteiger charge is -2.08. The molecule has 3 N–H and O–H groups in total. The van der Waals surface area contributed by atoms with Gasteiger partial charge in [-0.15, -0.1) is 0 Å². The summed E-state index contributed by atoms with van der Waals surface area (Å²) in [5.74, 6) is -0.841. The van der Waals surface area contributed by atoms with Gasteiger partial charge in [-0.2, -0.15) is 5.10 Å². The largest absolute Gasteiger partial charge is 0.399 e. The minimum Gasteiger partial charge on any atom is -0.399 e. The van der Waals surface area contributed by atoms with Crippen LogP contribution < -0.4 is 10.5 Å². The minimum absolute atomic E-state index is 0.0209. The normalized spacial score (nSPS) is 11.7. The fourth-order valence-electron chi connectivity index (χ4n) is 1.55. The van der Waals surface area contributed by atoms with Crippen molar-refractivity contribution in [2.45, 2.75) is 11.4 Å². The Hall–Kier alpha value is -1.93. The molecule has 0 atom stereocenters. The molecule has 8 heteroatoms. The van der Waals surface area contributed by atoms with Crippen LogP contribution in [0.1, 0.15) is 5.69 Å². The zero-order valence-electron chi connectivity index (χ0n) is 10.2. The zero-order valence-corrected chi connectivity index (χ0v) is 11.0. The third-order valence-corrected chi connectivity index (χ3v) is 4.03. The summed E-state index contributed by atoms with van der Waals surface area (Å²) >= 11 is 0. The molecule has 0 saturated carbocycles. The van der Waals surface area contributed by atoms with E-state index in [1.54, 1.807) is 19.3 Å². The number of benzene rings is 1. The van der Waals surface area contributed by atoms with E-state index < -0.39 is 20.7 Å². The van der Waals surface area contributed by atoms with Gasteiger partial charge in [0.15, 0.2) is 0 Å². The lowest BCUT2D eigenvalue weighted by atomic mass is 10.3. The molecular weight excluding hydrogens is 271 g/mol. The molecule has 0 spiro atoms. The number of rotatable bonds is 4. The number of hydrogen-bond donors (Lipinski definition) is 2. The number of nitrogens with zero attached hydrogens (tertiary/aromatic N) is 2. The number of nitrogen functional groups attached to an aromatic ring is 1. The first-order chi connectivity index (χ1) is 8.90. The number of nitrogens with two attached hydrogens (primary N) is 1. The van der Waals surface area contributed by atoms with Crippen molar-refractivity contribution in [2.24, 2.45) is 7.05 Å². The van der Waals surface area contributed by atoms with Gasteiger partial charge in [-0.3, -0.25) is 4.68 Å². The second kappa shape index (κ2) is 4.98. The van der Waals surface area contributed by atoms with Crippen LogP contribution in [0.25, 0.3) is 0 Å². The maximum absolute atomic E-state index is 13.5. The molecular formula is C11H13FN4O2S. The van der Waals surface area contributed by atoms with Crippen LogP contribution in [0.3, 0.4) is 0 Å². The first kappa shape index (κ1) is 13.5. The maximum atomic E-state index is 13.5. The Balaban J connectivity index is 2.23. The summed E-state index contributed by atoms with van der Waals surface area (Å²) in [6.07, 6.45) is 1.55. The lowest BCUT2D eigenvalue weighted by molar-refractivity contribution is 0.554. The summed E-state index contributed by atoms with van der Waals surface area (Å²) < 4.78 is 41.3. The summed E-state index contributed by atoms with van der Waals surface area (Å²) in [6, 6.07) is 5.07. The van der Waals surface area contributed by atoms with Crippen molar-refractivity contribution in [2.75, 3.05) is 5.73 Å². The van der Waals surface area contributed by atoms with Crippen LogP contribution in [0, 0.1) is 5.82 Å². The van der Waals surface area contributed by atoms with Crippen molar-refractivity contribution in [3.8, 4) is 0 Å². The molecule has 2 rings (SSSR count). The molecule has 0 amide bonds. The van der Waals surface area contributed by atoms with E-state index in [0.29, 0.717) is 5.69 Å². The maximum Gasteiger partial charge on any atom is 0.243 e. The van der Waals surface area contributed by atoms with Gasteiger partial charge in [-0.1, -0.05) is 0 Å². The van der Waals surface area contributed by atoms with E-state index in [0.717, 1.165) is 12.1 Å². The summed E-state index contributed by atoms with van der Waals surface area (Å²) in [5, 5.41) is 3.91. The summed E-state index contributed by atoms with van der Waals surface area (Å²) in [4.78, 5) is -0.463. The molecule has 0 radical (unpaired) electrons. The predicted octanol–water partition coefficient (Wildman–Crippen LogP) is 0.620. The quantitative estimate of drug-likeness (QED) is 0.805. The van der Waals surface area contributed by atoms with Crippen molar-refractivity contribution >= 4 is 15.7 Å². The van der Waals surface area contributed by atoms with Gasteiger partial charge >= 0.3 is 0 Å². The molecule has 1 heterocycles. The second-order valence-electron chi connectivity index (χ2n) is 3.96. The van der Waals surface area contributed by atoms with E-state index >= 15 is 0 Å². The SMILES string of the molecule is Cn1nccc1CNS(=O)(=O)c1cc(N)ccc1F. The Bertz CT molecular complexity index is 696. The van der Waals surface area contributed by atoms with Gasteiger partial charge in [0.25, 0.3) is 0 Å². The number of anilines is 1. The molecule has 102 valence electrons. The van der Waals surface area contributed by atoms with Gasteiger partial charge in [0.2, 0.25) is 10.0 Å². The Kier molecular flexibility index (Phi) is 3.54. The van der Waals surface area contributed by atoms with E-state index in [1.807, 2.05) is 0 Å². The molecule has 0 bridgehead atoms. The van der Waals surface area contributed by atoms with Crippen LogP contribution in [-0.4, -0.2) is 18.2 Å². The lowest BCUT2D eigenvalue weighted by Crippen LogP contribution is -2.25. The third kappa shape index (κ3) is 2.91. The third-order valence-electron chi connectivity index (χ3n) is 2.61. The summed E-state index contributed by atoms with van der Waals surface area (Å²) in [6.45, 7) is 0.0209. The number of hydrogen-bond acceptors (Lipinski definition) is 4. The van der Waals surface area contributed by atoms with Gasteiger partial charge in [-0.05, 0) is 24.3 Å². The smallest absolute Gasteiger partial charge is 0.243 e. The van der Waals surface area contributed by atoms with Crippen molar-refractivity contribution < 1.29 is 12.8 Å². The Morgan fingerprint density at radius 3 is 2.79 bits per heavy atom. The average Bonchev–Trinajstić information content (AvgIpc) is 2.75. The van der Waals surface area contributed by atoms with Crippen molar-refractivity contribution in [1.29, 1.82) is 0 Å². The van der Waals surface area contributed by atoms with E-state index in [2.05, 4.69) is 9.82 Å². The summed E-state index contributed by atoms with van der Waals surface area (Å²) in [5.41, 5.74) is 6.31. The van der Waals surface area contributed by atoms with Gasteiger partial charge in [0.05, 0.1) is 12.2 Å². The molecule has 0 unspecified atom stereocenters. The highest BCUT2D eigenvalue weighted by molar-refractivity contribution is 7.89. The standard InChI is InChI=1S/C11H13FN4O2S/c1-16-9(4-5-14-16)7-15-19(17,18)11-6-8(13)2-3-10(11)12/h2-6,15H,7,13H2,1H3. The Morgan fingerprint density at radius 1 is 1.42 bits per heavy atom. The zero-order chi connectivity index (χ0) is 14.0. The molecule has 19 heavy (non-hydrogen) atoms. The number of sulfonamides is 1. The van der Waals surface area contributed by atoms with Crippen LogP contribution in [-0.2, 0) is 23.6 Å². The molecule has 0 aliphatic heterocycles. The fourth-order valence-corrected chi connectivity index (χ4v) is 2.66. The van der Waals surface area contributed by atoms with E-state index in [1.165, 1.54) is 10.7 Å². The number of halogens is 1. The van der Waals surface area contributed by atoms with Gasteiger partial charge in [-0.25, -0.2) is 17.5 Å². The molecule has 1 aromatic carbocycles. The monoisotopic (exact) mass is 284 g/mol. The Morgan fingerprint density at radius 2 is 2.16 bits per heavy atom. The molecule has 0 aliphatic carbocycles. The summed E-state index contributed by atoms with van der Waals surface area (Å²) in [7, 11) is -2.27. The van der Waals surface area contributed by atoms with Crippen LogP contribution in [0.4, 0.5) is 10.1 Å². The molecule has 6 nitrogen and oxygen atoms in total. The Labute approximate surface area is 110 Å². The first-order valence-electron chi connectivity index (χ1n) is 5.42. The number of aromatic nitrogens is 2. The van der Waals surface area contributed by atoms with Crippen molar-refractivity contribution in [1.82, 2.24) is 14.5 Å². The van der Waals surface area contributed by atoms with Crippen LogP contribution >= 0.6 is 0 Å². The second-order valence-corrected chi connectivity index (χ2v) is 5.70. The van der Waals surface area contributed by atoms with Crippen LogP contribution in [0.2, 0.25) is 0 Å². The highest BCUT2D eigenvalue weighted by Crippen LogP contribution is 2.17.